The van der Waals surface area contributed by atoms with Crippen LogP contribution in [-0.2, 0) is 10.0 Å². The predicted octanol–water partition coefficient (Wildman–Crippen LogP) is 1.50. The molecule has 1 heterocycles. The molecule has 0 spiro atoms. The zero-order valence-electron chi connectivity index (χ0n) is 10.9. The molecule has 0 unspecified atom stereocenters. The number of hydrogen-bond donors (Lipinski definition) is 2. The van der Waals surface area contributed by atoms with E-state index < -0.39 is 14.9 Å². The Bertz CT molecular complexity index is 609. The second-order valence-corrected chi connectivity index (χ2v) is 7.70. The summed E-state index contributed by atoms with van der Waals surface area (Å²) in [7, 11) is -3.69. The first kappa shape index (κ1) is 15.2. The molecule has 10 heteroatoms. The first-order valence-corrected chi connectivity index (χ1v) is 8.44. The van der Waals surface area contributed by atoms with E-state index in [0.717, 1.165) is 30.2 Å². The number of sulfonamides is 1. The van der Waals surface area contributed by atoms with Crippen molar-refractivity contribution in [2.24, 2.45) is 5.84 Å². The average molecular weight is 320 g/mol. The minimum atomic E-state index is -3.69. The lowest BCUT2D eigenvalue weighted by atomic mass is 10.5. The first-order chi connectivity index (χ1) is 9.41. The normalized spacial score (nSPS) is 15.6. The molecule has 0 radical (unpaired) electrons. The van der Waals surface area contributed by atoms with Crippen LogP contribution in [0.5, 0.6) is 0 Å². The topological polar surface area (TPSA) is 119 Å². The van der Waals surface area contributed by atoms with Crippen LogP contribution in [0.1, 0.15) is 26.2 Å². The van der Waals surface area contributed by atoms with Crippen LogP contribution in [0.4, 0.5) is 10.7 Å². The van der Waals surface area contributed by atoms with Crippen LogP contribution in [0.3, 0.4) is 0 Å². The standard InChI is InChI=1S/C10H16N4O4S2/c1-2-5-13(7-3-4-7)20(17,18)9-6-8(14(15)16)10(12-11)19-9/h6-7,12H,2-5,11H2,1H3. The minimum absolute atomic E-state index is 0.0235. The molecule has 1 aromatic rings. The summed E-state index contributed by atoms with van der Waals surface area (Å²) in [5.41, 5.74) is 1.86. The fraction of sp³-hybridized carbons (Fsp3) is 0.600. The molecular weight excluding hydrogens is 304 g/mol. The van der Waals surface area contributed by atoms with E-state index in [1.165, 1.54) is 4.31 Å². The highest BCUT2D eigenvalue weighted by Gasteiger charge is 2.39. The summed E-state index contributed by atoms with van der Waals surface area (Å²) in [5.74, 6) is 5.20. The molecule has 8 nitrogen and oxygen atoms in total. The van der Waals surface area contributed by atoms with Crippen molar-refractivity contribution in [2.75, 3.05) is 12.0 Å². The molecule has 112 valence electrons. The Morgan fingerprint density at radius 2 is 2.25 bits per heavy atom. The number of anilines is 1. The molecular formula is C10H16N4O4S2. The molecule has 2 rings (SSSR count). The van der Waals surface area contributed by atoms with Crippen LogP contribution in [0.25, 0.3) is 0 Å². The average Bonchev–Trinajstić information content (AvgIpc) is 3.11. The quantitative estimate of drug-likeness (QED) is 0.446. The van der Waals surface area contributed by atoms with Gasteiger partial charge in [-0.25, -0.2) is 14.3 Å². The fourth-order valence-electron chi connectivity index (χ4n) is 1.92. The molecule has 1 fully saturated rings. The minimum Gasteiger partial charge on any atom is -0.310 e. The van der Waals surface area contributed by atoms with Crippen molar-refractivity contribution in [1.82, 2.24) is 4.31 Å². The molecule has 0 amide bonds. The van der Waals surface area contributed by atoms with Gasteiger partial charge in [-0.15, -0.1) is 0 Å². The molecule has 1 aromatic heterocycles. The Balaban J connectivity index is 2.40. The van der Waals surface area contributed by atoms with Crippen LogP contribution < -0.4 is 11.3 Å². The maximum atomic E-state index is 12.6. The SMILES string of the molecule is CCCN(C1CC1)S(=O)(=O)c1cc([N+](=O)[O-])c(NN)s1. The third kappa shape index (κ3) is 2.77. The molecule has 1 saturated carbocycles. The molecule has 0 saturated heterocycles. The van der Waals surface area contributed by atoms with Crippen molar-refractivity contribution in [1.29, 1.82) is 0 Å². The second-order valence-electron chi connectivity index (χ2n) is 4.53. The van der Waals surface area contributed by atoms with Crippen molar-refractivity contribution in [3.8, 4) is 0 Å². The van der Waals surface area contributed by atoms with Gasteiger partial charge in [0.15, 0.2) is 5.00 Å². The Labute approximate surface area is 120 Å². The molecule has 0 aliphatic heterocycles. The maximum absolute atomic E-state index is 12.6. The Hall–Kier alpha value is -1.23. The number of rotatable bonds is 7. The number of nitrogen functional groups attached to an aromatic ring is 1. The van der Waals surface area contributed by atoms with Gasteiger partial charge in [-0.3, -0.25) is 10.1 Å². The van der Waals surface area contributed by atoms with Crippen LogP contribution in [0.15, 0.2) is 10.3 Å². The second kappa shape index (κ2) is 5.64. The summed E-state index contributed by atoms with van der Waals surface area (Å²) in [6.45, 7) is 2.32. The van der Waals surface area contributed by atoms with Crippen LogP contribution >= 0.6 is 11.3 Å². The van der Waals surface area contributed by atoms with E-state index in [0.29, 0.717) is 13.0 Å². The van der Waals surface area contributed by atoms with Crippen molar-refractivity contribution in [2.45, 2.75) is 36.4 Å². The summed E-state index contributed by atoms with van der Waals surface area (Å²) in [6.07, 6.45) is 2.38. The van der Waals surface area contributed by atoms with Crippen LogP contribution in [0, 0.1) is 10.1 Å². The van der Waals surface area contributed by atoms with Gasteiger partial charge in [-0.2, -0.15) is 4.31 Å². The van der Waals surface area contributed by atoms with Crippen molar-refractivity contribution in [3.63, 3.8) is 0 Å². The summed E-state index contributed by atoms with van der Waals surface area (Å²) >= 11 is 0.787. The number of thiophene rings is 1. The van der Waals surface area contributed by atoms with E-state index in [-0.39, 0.29) is 20.9 Å². The van der Waals surface area contributed by atoms with Gasteiger partial charge < -0.3 is 5.43 Å². The van der Waals surface area contributed by atoms with Gasteiger partial charge in [0.25, 0.3) is 10.0 Å². The summed E-state index contributed by atoms with van der Waals surface area (Å²) < 4.78 is 26.5. The van der Waals surface area contributed by atoms with Gasteiger partial charge in [0.2, 0.25) is 0 Å². The monoisotopic (exact) mass is 320 g/mol. The van der Waals surface area contributed by atoms with Gasteiger partial charge in [0.1, 0.15) is 4.21 Å². The zero-order valence-corrected chi connectivity index (χ0v) is 12.5. The Morgan fingerprint density at radius 3 is 2.65 bits per heavy atom. The highest BCUT2D eigenvalue weighted by Crippen LogP contribution is 2.40. The number of nitrogens with two attached hydrogens (primary N) is 1. The van der Waals surface area contributed by atoms with E-state index >= 15 is 0 Å². The summed E-state index contributed by atoms with van der Waals surface area (Å²) in [5, 5.41) is 10.9. The lowest BCUT2D eigenvalue weighted by Crippen LogP contribution is -2.33. The molecule has 0 bridgehead atoms. The lowest BCUT2D eigenvalue weighted by molar-refractivity contribution is -0.383. The maximum Gasteiger partial charge on any atom is 0.306 e. The highest BCUT2D eigenvalue weighted by atomic mass is 32.2. The smallest absolute Gasteiger partial charge is 0.306 e. The van der Waals surface area contributed by atoms with E-state index in [9.17, 15) is 18.5 Å². The number of nitrogens with zero attached hydrogens (tertiary/aromatic N) is 2. The van der Waals surface area contributed by atoms with Gasteiger partial charge in [0, 0.05) is 18.7 Å². The third-order valence-corrected chi connectivity index (χ3v) is 6.44. The largest absolute Gasteiger partial charge is 0.310 e. The molecule has 20 heavy (non-hydrogen) atoms. The molecule has 0 atom stereocenters. The summed E-state index contributed by atoms with van der Waals surface area (Å²) in [6, 6.07) is 1.09. The van der Waals surface area contributed by atoms with Crippen molar-refractivity contribution >= 4 is 32.0 Å². The van der Waals surface area contributed by atoms with Crippen molar-refractivity contribution in [3.05, 3.63) is 16.2 Å². The fourth-order valence-corrected chi connectivity index (χ4v) is 5.07. The number of hydrazine groups is 1. The van der Waals surface area contributed by atoms with Crippen LogP contribution in [-0.4, -0.2) is 30.2 Å². The zero-order chi connectivity index (χ0) is 14.9. The van der Waals surface area contributed by atoms with E-state index in [1.54, 1.807) is 0 Å². The van der Waals surface area contributed by atoms with Crippen LogP contribution in [0.2, 0.25) is 0 Å². The van der Waals surface area contributed by atoms with E-state index in [4.69, 9.17) is 5.84 Å². The molecule has 3 N–H and O–H groups in total. The third-order valence-electron chi connectivity index (χ3n) is 2.98. The van der Waals surface area contributed by atoms with Gasteiger partial charge in [-0.1, -0.05) is 18.3 Å². The summed E-state index contributed by atoms with van der Waals surface area (Å²) in [4.78, 5) is 10.2. The van der Waals surface area contributed by atoms with Gasteiger partial charge in [0.05, 0.1) is 4.92 Å². The first-order valence-electron chi connectivity index (χ1n) is 6.18. The molecule has 1 aliphatic carbocycles. The number of hydrogen-bond acceptors (Lipinski definition) is 7. The number of nitrogens with one attached hydrogen (secondary N) is 1. The van der Waals surface area contributed by atoms with E-state index in [2.05, 4.69) is 5.43 Å². The Kier molecular flexibility index (Phi) is 4.28. The molecule has 0 aromatic carbocycles. The van der Waals surface area contributed by atoms with Gasteiger partial charge >= 0.3 is 5.69 Å². The number of nitro groups is 1. The van der Waals surface area contributed by atoms with Crippen molar-refractivity contribution < 1.29 is 13.3 Å². The molecule has 1 aliphatic rings. The lowest BCUT2D eigenvalue weighted by Gasteiger charge is -2.19. The highest BCUT2D eigenvalue weighted by molar-refractivity contribution is 7.91. The van der Waals surface area contributed by atoms with Gasteiger partial charge in [-0.05, 0) is 19.3 Å². The van der Waals surface area contributed by atoms with E-state index in [1.807, 2.05) is 6.92 Å². The Morgan fingerprint density at radius 1 is 1.60 bits per heavy atom. The predicted molar refractivity (Wildman–Crippen MR) is 76.0 cm³/mol.